The average molecular weight is 901 g/mol. The lowest BCUT2D eigenvalue weighted by molar-refractivity contribution is -0.0399. The molecule has 4 saturated carbocycles. The van der Waals surface area contributed by atoms with E-state index in [1.807, 2.05) is 72.8 Å². The third-order valence-corrected chi connectivity index (χ3v) is 16.0. The average Bonchev–Trinajstić information content (AvgIpc) is 3.72. The van der Waals surface area contributed by atoms with Gasteiger partial charge < -0.3 is 0 Å². The van der Waals surface area contributed by atoms with Gasteiger partial charge in [-0.1, -0.05) is 182 Å². The minimum absolute atomic E-state index is 0.0396. The van der Waals surface area contributed by atoms with Gasteiger partial charge in [-0.2, -0.15) is 0 Å². The number of nitrogens with zero attached hydrogens (tertiary/aromatic N) is 6. The molecule has 15 rings (SSSR count). The summed E-state index contributed by atoms with van der Waals surface area (Å²) in [6, 6.07) is 73.1. The molecular formula is C64H48N6. The summed E-state index contributed by atoms with van der Waals surface area (Å²) >= 11 is 0. The van der Waals surface area contributed by atoms with Gasteiger partial charge in [0.25, 0.3) is 0 Å². The Hall–Kier alpha value is -8.22. The van der Waals surface area contributed by atoms with Crippen molar-refractivity contribution in [3.8, 4) is 102 Å². The Morgan fingerprint density at radius 2 is 0.543 bits per heavy atom. The quantitative estimate of drug-likeness (QED) is 0.151. The Morgan fingerprint density at radius 3 is 0.886 bits per heavy atom. The molecule has 5 aliphatic carbocycles. The SMILES string of the molecule is c1ccc(-c2nc(-c3ccccc3)nc(-c3cccc(-c4ccc5c(c4)-c4cc(-c6cccc(-c7nc(-c8ccccc8)nc(-c8ccccc8)n7)c6)ccc4C54C5CC6CC(C5)CC4C6)c3)n2)cc1. The van der Waals surface area contributed by atoms with Crippen LogP contribution in [-0.2, 0) is 5.41 Å². The van der Waals surface area contributed by atoms with Crippen LogP contribution in [0, 0.1) is 23.7 Å². The number of fused-ring (bicyclic) bond motifs is 3. The predicted octanol–water partition coefficient (Wildman–Crippen LogP) is 15.1. The van der Waals surface area contributed by atoms with Gasteiger partial charge in [-0.3, -0.25) is 0 Å². The molecule has 0 radical (unpaired) electrons. The summed E-state index contributed by atoms with van der Waals surface area (Å²) in [5.74, 6) is 7.01. The molecule has 2 heterocycles. The molecule has 0 aliphatic heterocycles. The lowest BCUT2D eigenvalue weighted by atomic mass is 9.43. The summed E-state index contributed by atoms with van der Waals surface area (Å²) in [7, 11) is 0. The maximum Gasteiger partial charge on any atom is 0.164 e. The number of hydrogen-bond acceptors (Lipinski definition) is 6. The van der Waals surface area contributed by atoms with Crippen LogP contribution in [0.1, 0.15) is 43.2 Å². The van der Waals surface area contributed by atoms with Crippen LogP contribution in [0.2, 0.25) is 0 Å². The number of hydrogen-bond donors (Lipinski definition) is 0. The first-order chi connectivity index (χ1) is 34.6. The molecule has 1 spiro atoms. The molecule has 0 amide bonds. The Balaban J connectivity index is 0.882. The molecule has 334 valence electrons. The van der Waals surface area contributed by atoms with Crippen LogP contribution in [0.3, 0.4) is 0 Å². The Kier molecular flexibility index (Phi) is 9.61. The molecule has 5 aliphatic rings. The smallest absolute Gasteiger partial charge is 0.164 e. The van der Waals surface area contributed by atoms with Crippen molar-refractivity contribution in [2.45, 2.75) is 37.5 Å². The van der Waals surface area contributed by atoms with E-state index in [0.717, 1.165) is 56.3 Å². The largest absolute Gasteiger partial charge is 0.208 e. The van der Waals surface area contributed by atoms with Crippen LogP contribution in [0.4, 0.5) is 0 Å². The van der Waals surface area contributed by atoms with Crippen LogP contribution in [-0.4, -0.2) is 29.9 Å². The van der Waals surface area contributed by atoms with E-state index in [0.29, 0.717) is 46.8 Å². The van der Waals surface area contributed by atoms with Crippen molar-refractivity contribution < 1.29 is 0 Å². The van der Waals surface area contributed by atoms with E-state index in [1.165, 1.54) is 65.5 Å². The van der Waals surface area contributed by atoms with E-state index in [4.69, 9.17) is 29.9 Å². The van der Waals surface area contributed by atoms with E-state index in [1.54, 1.807) is 0 Å². The fraction of sp³-hybridized carbons (Fsp3) is 0.156. The molecule has 0 N–H and O–H groups in total. The summed E-state index contributed by atoms with van der Waals surface area (Å²) < 4.78 is 0. The van der Waals surface area contributed by atoms with Gasteiger partial charge in [0.05, 0.1) is 0 Å². The Bertz CT molecular complexity index is 3250. The number of benzene rings is 8. The van der Waals surface area contributed by atoms with Crippen molar-refractivity contribution in [2.75, 3.05) is 0 Å². The third kappa shape index (κ3) is 6.84. The minimum atomic E-state index is 0.0396. The van der Waals surface area contributed by atoms with Gasteiger partial charge in [-0.05, 0) is 125 Å². The van der Waals surface area contributed by atoms with E-state index in [9.17, 15) is 0 Å². The van der Waals surface area contributed by atoms with Gasteiger partial charge in [0.1, 0.15) is 0 Å². The fourth-order valence-electron chi connectivity index (χ4n) is 13.1. The number of rotatable bonds is 8. The van der Waals surface area contributed by atoms with Crippen molar-refractivity contribution >= 4 is 0 Å². The highest BCUT2D eigenvalue weighted by Crippen LogP contribution is 2.69. The minimum Gasteiger partial charge on any atom is -0.208 e. The maximum atomic E-state index is 5.09. The first-order valence-corrected chi connectivity index (χ1v) is 24.9. The molecule has 0 atom stereocenters. The standard InChI is InChI=1S/C64H48N6/c1-5-15-42(16-6-1)58-65-59(43-17-7-2-8-18-43)68-62(67-58)50-25-13-23-46(36-50)48-27-29-56-54(38-48)55-39-49(28-30-57(55)64(56)52-32-40-31-41(34-52)35-53(64)33-40)47-24-14-26-51(37-47)63-69-60(44-19-9-3-10-20-44)66-61(70-63)45-21-11-4-12-22-45/h1-30,36-41,52-53H,31-35H2. The molecule has 10 aromatic rings. The van der Waals surface area contributed by atoms with Crippen molar-refractivity contribution in [2.24, 2.45) is 23.7 Å². The fourth-order valence-corrected chi connectivity index (χ4v) is 13.1. The van der Waals surface area contributed by atoms with Crippen LogP contribution in [0.5, 0.6) is 0 Å². The third-order valence-electron chi connectivity index (χ3n) is 16.0. The molecule has 4 fully saturated rings. The van der Waals surface area contributed by atoms with Crippen LogP contribution in [0.15, 0.2) is 206 Å². The summed E-state index contributed by atoms with van der Waals surface area (Å²) in [5, 5.41) is 0. The Labute approximate surface area is 408 Å². The molecule has 0 unspecified atom stereocenters. The summed E-state index contributed by atoms with van der Waals surface area (Å²) in [6.45, 7) is 0. The molecule has 0 saturated heterocycles. The maximum absolute atomic E-state index is 5.09. The summed E-state index contributed by atoms with van der Waals surface area (Å²) in [4.78, 5) is 30.3. The van der Waals surface area contributed by atoms with Gasteiger partial charge in [0.2, 0.25) is 0 Å². The van der Waals surface area contributed by atoms with Crippen LogP contribution >= 0.6 is 0 Å². The van der Waals surface area contributed by atoms with Crippen LogP contribution in [0.25, 0.3) is 102 Å². The zero-order valence-electron chi connectivity index (χ0n) is 38.7. The topological polar surface area (TPSA) is 77.3 Å². The monoisotopic (exact) mass is 900 g/mol. The first-order valence-electron chi connectivity index (χ1n) is 24.9. The highest BCUT2D eigenvalue weighted by Gasteiger charge is 2.61. The van der Waals surface area contributed by atoms with Crippen molar-refractivity contribution in [3.63, 3.8) is 0 Å². The second kappa shape index (κ2) is 16.5. The molecule has 6 heteroatoms. The van der Waals surface area contributed by atoms with Crippen molar-refractivity contribution in [1.29, 1.82) is 0 Å². The summed E-state index contributed by atoms with van der Waals surface area (Å²) in [5.41, 5.74) is 16.3. The highest BCUT2D eigenvalue weighted by molar-refractivity contribution is 5.89. The highest BCUT2D eigenvalue weighted by atomic mass is 15.0. The molecule has 4 bridgehead atoms. The first kappa shape index (κ1) is 40.8. The molecule has 70 heavy (non-hydrogen) atoms. The van der Waals surface area contributed by atoms with E-state index in [2.05, 4.69) is 133 Å². The van der Waals surface area contributed by atoms with Gasteiger partial charge >= 0.3 is 0 Å². The van der Waals surface area contributed by atoms with Crippen molar-refractivity contribution in [1.82, 2.24) is 29.9 Å². The normalized spacial score (nSPS) is 19.0. The van der Waals surface area contributed by atoms with Gasteiger partial charge in [-0.15, -0.1) is 0 Å². The van der Waals surface area contributed by atoms with E-state index < -0.39 is 0 Å². The summed E-state index contributed by atoms with van der Waals surface area (Å²) in [6.07, 6.45) is 6.77. The van der Waals surface area contributed by atoms with E-state index in [-0.39, 0.29) is 5.41 Å². The van der Waals surface area contributed by atoms with E-state index >= 15 is 0 Å². The zero-order valence-corrected chi connectivity index (χ0v) is 38.7. The van der Waals surface area contributed by atoms with Gasteiger partial charge in [-0.25, -0.2) is 29.9 Å². The van der Waals surface area contributed by atoms with Gasteiger partial charge in [0.15, 0.2) is 34.9 Å². The molecular weight excluding hydrogens is 853 g/mol. The second-order valence-electron chi connectivity index (χ2n) is 19.9. The molecule has 8 aromatic carbocycles. The van der Waals surface area contributed by atoms with Crippen LogP contribution < -0.4 is 0 Å². The number of aromatic nitrogens is 6. The van der Waals surface area contributed by atoms with Gasteiger partial charge in [0, 0.05) is 38.8 Å². The van der Waals surface area contributed by atoms with Crippen molar-refractivity contribution in [3.05, 3.63) is 217 Å². The Morgan fingerprint density at radius 1 is 0.257 bits per heavy atom. The lowest BCUT2D eigenvalue weighted by Gasteiger charge is -2.61. The predicted molar refractivity (Wildman–Crippen MR) is 280 cm³/mol. The molecule has 6 nitrogen and oxygen atoms in total. The lowest BCUT2D eigenvalue weighted by Crippen LogP contribution is -2.55. The molecule has 2 aromatic heterocycles. The zero-order chi connectivity index (χ0) is 46.2. The second-order valence-corrected chi connectivity index (χ2v) is 19.9.